The van der Waals surface area contributed by atoms with Crippen LogP contribution in [0.4, 0.5) is 5.69 Å². The average Bonchev–Trinajstić information content (AvgIpc) is 2.61. The highest BCUT2D eigenvalue weighted by atomic mass is 16.6. The van der Waals surface area contributed by atoms with E-state index < -0.39 is 18.0 Å². The minimum Gasteiger partial charge on any atom is -0.485 e. The highest BCUT2D eigenvalue weighted by Gasteiger charge is 2.28. The fourth-order valence-corrected chi connectivity index (χ4v) is 2.24. The molecule has 0 aliphatic carbocycles. The largest absolute Gasteiger partial charge is 0.485 e. The second-order valence-corrected chi connectivity index (χ2v) is 4.89. The van der Waals surface area contributed by atoms with Crippen molar-refractivity contribution in [3.8, 4) is 11.5 Å². The van der Waals surface area contributed by atoms with E-state index >= 15 is 0 Å². The molecule has 1 aliphatic rings. The lowest BCUT2D eigenvalue weighted by Crippen LogP contribution is -2.40. The van der Waals surface area contributed by atoms with Crippen LogP contribution in [0.5, 0.6) is 11.5 Å². The van der Waals surface area contributed by atoms with Gasteiger partial charge in [-0.05, 0) is 24.3 Å². The van der Waals surface area contributed by atoms with E-state index in [4.69, 9.17) is 14.2 Å². The molecular weight excluding hydrogens is 298 g/mol. The number of fused-ring (bicyclic) bond motifs is 1. The molecule has 3 rings (SSSR count). The minimum absolute atomic E-state index is 0.100. The molecule has 2 aromatic rings. The highest BCUT2D eigenvalue weighted by molar-refractivity contribution is 6.02. The molecule has 0 bridgehead atoms. The van der Waals surface area contributed by atoms with Gasteiger partial charge in [0, 0.05) is 0 Å². The number of para-hydroxylation sites is 3. The van der Waals surface area contributed by atoms with Gasteiger partial charge in [0.15, 0.2) is 11.5 Å². The number of amides is 1. The molecule has 6 nitrogen and oxygen atoms in total. The minimum atomic E-state index is -0.796. The van der Waals surface area contributed by atoms with E-state index in [0.717, 1.165) is 0 Å². The fraction of sp³-hybridized carbons (Fsp3) is 0.176. The number of rotatable bonds is 3. The van der Waals surface area contributed by atoms with Crippen molar-refractivity contribution in [3.63, 3.8) is 0 Å². The molecule has 0 fully saturated rings. The Bertz CT molecular complexity index is 743. The molecular formula is C17H15NO5. The molecule has 0 saturated heterocycles. The summed E-state index contributed by atoms with van der Waals surface area (Å²) in [4.78, 5) is 24.1. The quantitative estimate of drug-likeness (QED) is 0.880. The number of methoxy groups -OCH3 is 1. The monoisotopic (exact) mass is 313 g/mol. The van der Waals surface area contributed by atoms with Gasteiger partial charge in [-0.25, -0.2) is 4.79 Å². The fourth-order valence-electron chi connectivity index (χ4n) is 2.24. The van der Waals surface area contributed by atoms with Crippen molar-refractivity contribution in [1.29, 1.82) is 0 Å². The first-order valence-electron chi connectivity index (χ1n) is 7.05. The SMILES string of the molecule is COC(=O)c1ccccc1NC(=O)[C@H]1COc2ccccc2O1. The van der Waals surface area contributed by atoms with E-state index in [1.165, 1.54) is 7.11 Å². The summed E-state index contributed by atoms with van der Waals surface area (Å²) in [7, 11) is 1.29. The first kappa shape index (κ1) is 14.9. The molecule has 0 radical (unpaired) electrons. The number of carbonyl (C=O) groups excluding carboxylic acids is 2. The number of carbonyl (C=O) groups is 2. The Hall–Kier alpha value is -3.02. The van der Waals surface area contributed by atoms with Gasteiger partial charge in [-0.1, -0.05) is 24.3 Å². The third-order valence-corrected chi connectivity index (χ3v) is 3.39. The van der Waals surface area contributed by atoms with Crippen LogP contribution < -0.4 is 14.8 Å². The third kappa shape index (κ3) is 3.11. The first-order valence-corrected chi connectivity index (χ1v) is 7.05. The number of ether oxygens (including phenoxy) is 3. The van der Waals surface area contributed by atoms with Gasteiger partial charge in [0.2, 0.25) is 6.10 Å². The lowest BCUT2D eigenvalue weighted by atomic mass is 10.1. The van der Waals surface area contributed by atoms with Crippen LogP contribution in [0.15, 0.2) is 48.5 Å². The Balaban J connectivity index is 1.75. The van der Waals surface area contributed by atoms with Gasteiger partial charge < -0.3 is 19.5 Å². The van der Waals surface area contributed by atoms with Crippen LogP contribution in [0.1, 0.15) is 10.4 Å². The van der Waals surface area contributed by atoms with Crippen molar-refractivity contribution in [2.75, 3.05) is 19.0 Å². The molecule has 0 aromatic heterocycles. The normalized spacial score (nSPS) is 15.6. The second kappa shape index (κ2) is 6.39. The molecule has 1 heterocycles. The van der Waals surface area contributed by atoms with Crippen molar-refractivity contribution in [2.24, 2.45) is 0 Å². The maximum Gasteiger partial charge on any atom is 0.339 e. The van der Waals surface area contributed by atoms with Crippen LogP contribution in [-0.4, -0.2) is 31.7 Å². The van der Waals surface area contributed by atoms with E-state index in [-0.39, 0.29) is 12.2 Å². The Labute approximate surface area is 133 Å². The first-order chi connectivity index (χ1) is 11.2. The summed E-state index contributed by atoms with van der Waals surface area (Å²) in [6.45, 7) is 0.100. The summed E-state index contributed by atoms with van der Waals surface area (Å²) >= 11 is 0. The van der Waals surface area contributed by atoms with Crippen LogP contribution >= 0.6 is 0 Å². The van der Waals surface area contributed by atoms with E-state index in [2.05, 4.69) is 5.32 Å². The van der Waals surface area contributed by atoms with E-state index in [9.17, 15) is 9.59 Å². The lowest BCUT2D eigenvalue weighted by molar-refractivity contribution is -0.125. The van der Waals surface area contributed by atoms with E-state index in [1.54, 1.807) is 42.5 Å². The van der Waals surface area contributed by atoms with E-state index in [0.29, 0.717) is 17.2 Å². The smallest absolute Gasteiger partial charge is 0.339 e. The molecule has 0 saturated carbocycles. The molecule has 118 valence electrons. The number of hydrogen-bond acceptors (Lipinski definition) is 5. The summed E-state index contributed by atoms with van der Waals surface area (Å²) in [5, 5.41) is 2.68. The predicted octanol–water partition coefficient (Wildman–Crippen LogP) is 2.25. The van der Waals surface area contributed by atoms with Gasteiger partial charge >= 0.3 is 5.97 Å². The number of nitrogens with one attached hydrogen (secondary N) is 1. The van der Waals surface area contributed by atoms with Crippen LogP contribution in [-0.2, 0) is 9.53 Å². The Morgan fingerprint density at radius 1 is 1.09 bits per heavy atom. The molecule has 1 atom stereocenters. The van der Waals surface area contributed by atoms with Crippen molar-refractivity contribution >= 4 is 17.6 Å². The molecule has 1 amide bonds. The van der Waals surface area contributed by atoms with Crippen molar-refractivity contribution in [1.82, 2.24) is 0 Å². The number of anilines is 1. The number of benzene rings is 2. The molecule has 0 unspecified atom stereocenters. The van der Waals surface area contributed by atoms with Crippen LogP contribution in [0.25, 0.3) is 0 Å². The van der Waals surface area contributed by atoms with Gasteiger partial charge in [-0.2, -0.15) is 0 Å². The van der Waals surface area contributed by atoms with Crippen molar-refractivity contribution < 1.29 is 23.8 Å². The van der Waals surface area contributed by atoms with Gasteiger partial charge in [0.1, 0.15) is 6.61 Å². The van der Waals surface area contributed by atoms with Gasteiger partial charge in [0.25, 0.3) is 5.91 Å². The second-order valence-electron chi connectivity index (χ2n) is 4.89. The molecule has 6 heteroatoms. The summed E-state index contributed by atoms with van der Waals surface area (Å²) in [5.41, 5.74) is 0.646. The summed E-state index contributed by atoms with van der Waals surface area (Å²) < 4.78 is 15.9. The molecule has 2 aromatic carbocycles. The topological polar surface area (TPSA) is 73.9 Å². The predicted molar refractivity (Wildman–Crippen MR) is 82.8 cm³/mol. The Morgan fingerprint density at radius 2 is 1.78 bits per heavy atom. The zero-order chi connectivity index (χ0) is 16.2. The summed E-state index contributed by atoms with van der Waals surface area (Å²) in [6.07, 6.45) is -0.796. The third-order valence-electron chi connectivity index (χ3n) is 3.39. The Kier molecular flexibility index (Phi) is 4.14. The van der Waals surface area contributed by atoms with Gasteiger partial charge in [0.05, 0.1) is 18.4 Å². The molecule has 0 spiro atoms. The van der Waals surface area contributed by atoms with Crippen LogP contribution in [0.3, 0.4) is 0 Å². The highest BCUT2D eigenvalue weighted by Crippen LogP contribution is 2.31. The maximum atomic E-state index is 12.4. The number of esters is 1. The van der Waals surface area contributed by atoms with Gasteiger partial charge in [-0.15, -0.1) is 0 Å². The van der Waals surface area contributed by atoms with E-state index in [1.807, 2.05) is 6.07 Å². The van der Waals surface area contributed by atoms with Crippen LogP contribution in [0.2, 0.25) is 0 Å². The molecule has 23 heavy (non-hydrogen) atoms. The number of hydrogen-bond donors (Lipinski definition) is 1. The average molecular weight is 313 g/mol. The molecule has 1 aliphatic heterocycles. The summed E-state index contributed by atoms with van der Waals surface area (Å²) in [5.74, 6) is 0.203. The van der Waals surface area contributed by atoms with Crippen molar-refractivity contribution in [3.05, 3.63) is 54.1 Å². The lowest BCUT2D eigenvalue weighted by Gasteiger charge is -2.25. The van der Waals surface area contributed by atoms with Crippen LogP contribution in [0, 0.1) is 0 Å². The Morgan fingerprint density at radius 3 is 2.57 bits per heavy atom. The zero-order valence-electron chi connectivity index (χ0n) is 12.4. The maximum absolute atomic E-state index is 12.4. The standard InChI is InChI=1S/C17H15NO5/c1-21-17(20)11-6-2-3-7-12(11)18-16(19)15-10-22-13-8-4-5-9-14(13)23-15/h2-9,15H,10H2,1H3,(H,18,19)/t15-/m1/s1. The van der Waals surface area contributed by atoms with Crippen molar-refractivity contribution in [2.45, 2.75) is 6.10 Å². The van der Waals surface area contributed by atoms with Gasteiger partial charge in [-0.3, -0.25) is 4.79 Å². The zero-order valence-corrected chi connectivity index (χ0v) is 12.4. The molecule has 1 N–H and O–H groups in total. The summed E-state index contributed by atoms with van der Waals surface area (Å²) in [6, 6.07) is 13.8.